The predicted molar refractivity (Wildman–Crippen MR) is 92.4 cm³/mol. The highest BCUT2D eigenvalue weighted by atomic mass is 32.1. The Hall–Kier alpha value is -2.14. The lowest BCUT2D eigenvalue weighted by Gasteiger charge is -2.30. The van der Waals surface area contributed by atoms with Crippen molar-refractivity contribution in [3.63, 3.8) is 0 Å². The van der Waals surface area contributed by atoms with E-state index in [1.54, 1.807) is 18.0 Å². The second kappa shape index (κ2) is 6.54. The molecule has 1 amide bonds. The molecule has 0 aliphatic carbocycles. The Balaban J connectivity index is 2.12. The summed E-state index contributed by atoms with van der Waals surface area (Å²) in [7, 11) is 1.75. The number of likely N-dealkylation sites (N-methyl/N-ethyl adjacent to an activating group) is 1. The van der Waals surface area contributed by atoms with Crippen molar-refractivity contribution < 1.29 is 14.7 Å². The number of amides is 1. The Morgan fingerprint density at radius 2 is 1.65 bits per heavy atom. The summed E-state index contributed by atoms with van der Waals surface area (Å²) in [4.78, 5) is 25.7. The van der Waals surface area contributed by atoms with Gasteiger partial charge in [0.15, 0.2) is 0 Å². The van der Waals surface area contributed by atoms with Crippen molar-refractivity contribution >= 4 is 23.2 Å². The highest BCUT2D eigenvalue weighted by Crippen LogP contribution is 2.26. The zero-order chi connectivity index (χ0) is 17.2. The topological polar surface area (TPSA) is 57.6 Å². The Morgan fingerprint density at radius 1 is 1.09 bits per heavy atom. The summed E-state index contributed by atoms with van der Waals surface area (Å²) in [5, 5.41) is 8.96. The number of rotatable bonds is 5. The number of aryl methyl sites for hydroxylation is 1. The van der Waals surface area contributed by atoms with Crippen LogP contribution in [0, 0.1) is 6.92 Å². The number of hydrogen-bond donors (Lipinski definition) is 1. The zero-order valence-electron chi connectivity index (χ0n) is 13.8. The van der Waals surface area contributed by atoms with Crippen molar-refractivity contribution in [1.82, 2.24) is 4.90 Å². The molecular weight excluding hydrogens is 310 g/mol. The van der Waals surface area contributed by atoms with Crippen molar-refractivity contribution in [2.45, 2.75) is 26.2 Å². The van der Waals surface area contributed by atoms with Crippen LogP contribution in [-0.4, -0.2) is 35.5 Å². The van der Waals surface area contributed by atoms with E-state index in [2.05, 4.69) is 38.1 Å². The van der Waals surface area contributed by atoms with E-state index in [9.17, 15) is 9.59 Å². The summed E-state index contributed by atoms with van der Waals surface area (Å²) in [6.45, 7) is 6.79. The first kappa shape index (κ1) is 17.2. The van der Waals surface area contributed by atoms with Crippen LogP contribution >= 0.6 is 11.3 Å². The molecule has 122 valence electrons. The van der Waals surface area contributed by atoms with Gasteiger partial charge in [-0.25, -0.2) is 4.79 Å². The largest absolute Gasteiger partial charge is 0.477 e. The predicted octanol–water partition coefficient (Wildman–Crippen LogP) is 3.80. The molecule has 1 aromatic heterocycles. The van der Waals surface area contributed by atoms with E-state index >= 15 is 0 Å². The minimum atomic E-state index is -1.00. The maximum atomic E-state index is 12.5. The molecule has 2 rings (SSSR count). The Bertz CT molecular complexity index is 716. The molecule has 0 aliphatic heterocycles. The first-order valence-electron chi connectivity index (χ1n) is 7.36. The molecule has 23 heavy (non-hydrogen) atoms. The van der Waals surface area contributed by atoms with E-state index in [4.69, 9.17) is 5.11 Å². The van der Waals surface area contributed by atoms with Crippen LogP contribution in [0.4, 0.5) is 0 Å². The molecule has 4 nitrogen and oxygen atoms in total. The normalized spacial score (nSPS) is 11.3. The van der Waals surface area contributed by atoms with E-state index in [1.165, 1.54) is 17.2 Å². The molecule has 0 bridgehead atoms. The molecule has 0 radical (unpaired) electrons. The number of nitrogens with zero attached hydrogens (tertiary/aromatic N) is 1. The van der Waals surface area contributed by atoms with Crippen LogP contribution < -0.4 is 0 Å². The third-order valence-corrected chi connectivity index (χ3v) is 4.90. The lowest BCUT2D eigenvalue weighted by Crippen LogP contribution is -2.38. The summed E-state index contributed by atoms with van der Waals surface area (Å²) in [6, 6.07) is 11.3. The molecule has 1 N–H and O–H groups in total. The van der Waals surface area contributed by atoms with Crippen LogP contribution in [-0.2, 0) is 5.41 Å². The van der Waals surface area contributed by atoms with Gasteiger partial charge in [0.2, 0.25) is 0 Å². The van der Waals surface area contributed by atoms with Crippen molar-refractivity contribution in [3.8, 4) is 0 Å². The van der Waals surface area contributed by atoms with Gasteiger partial charge in [-0.3, -0.25) is 4.79 Å². The number of hydrogen-bond acceptors (Lipinski definition) is 3. The highest BCUT2D eigenvalue weighted by Gasteiger charge is 2.26. The minimum absolute atomic E-state index is 0.150. The molecule has 0 saturated heterocycles. The molecule has 1 aromatic carbocycles. The van der Waals surface area contributed by atoms with Gasteiger partial charge in [-0.15, -0.1) is 11.3 Å². The van der Waals surface area contributed by atoms with Crippen molar-refractivity contribution in [3.05, 3.63) is 57.3 Å². The van der Waals surface area contributed by atoms with Gasteiger partial charge in [-0.1, -0.05) is 43.7 Å². The van der Waals surface area contributed by atoms with Gasteiger partial charge in [0.1, 0.15) is 4.88 Å². The molecule has 0 fully saturated rings. The first-order chi connectivity index (χ1) is 10.7. The minimum Gasteiger partial charge on any atom is -0.477 e. The number of carboxylic acids is 1. The third kappa shape index (κ3) is 3.99. The van der Waals surface area contributed by atoms with Gasteiger partial charge >= 0.3 is 5.97 Å². The van der Waals surface area contributed by atoms with Crippen LogP contribution in [0.3, 0.4) is 0 Å². The standard InChI is InChI=1S/C18H21NO3S/c1-12-5-7-13(8-6-12)18(2,3)11-19(4)16(20)14-9-10-15(23-14)17(21)22/h5-10H,11H2,1-4H3,(H,21,22). The Morgan fingerprint density at radius 3 is 2.17 bits per heavy atom. The van der Waals surface area contributed by atoms with E-state index in [-0.39, 0.29) is 16.2 Å². The number of benzene rings is 1. The Labute approximate surface area is 140 Å². The quantitative estimate of drug-likeness (QED) is 0.906. The molecule has 1 heterocycles. The molecule has 2 aromatic rings. The molecule has 5 heteroatoms. The fourth-order valence-electron chi connectivity index (χ4n) is 2.52. The molecule has 0 spiro atoms. The number of carbonyl (C=O) groups excluding carboxylic acids is 1. The fourth-order valence-corrected chi connectivity index (χ4v) is 3.36. The first-order valence-corrected chi connectivity index (χ1v) is 8.18. The average Bonchev–Trinajstić information content (AvgIpc) is 2.96. The second-order valence-corrected chi connectivity index (χ2v) is 7.46. The van der Waals surface area contributed by atoms with Gasteiger partial charge in [0.05, 0.1) is 4.88 Å². The lowest BCUT2D eigenvalue weighted by atomic mass is 9.84. The monoisotopic (exact) mass is 331 g/mol. The fraction of sp³-hybridized carbons (Fsp3) is 0.333. The van der Waals surface area contributed by atoms with Crippen LogP contribution in [0.15, 0.2) is 36.4 Å². The summed E-state index contributed by atoms with van der Waals surface area (Å²) < 4.78 is 0. The number of aromatic carboxylic acids is 1. The summed E-state index contributed by atoms with van der Waals surface area (Å²) in [5.41, 5.74) is 2.18. The average molecular weight is 331 g/mol. The second-order valence-electron chi connectivity index (χ2n) is 6.38. The smallest absolute Gasteiger partial charge is 0.345 e. The maximum absolute atomic E-state index is 12.5. The van der Waals surface area contributed by atoms with Gasteiger partial charge in [0.25, 0.3) is 5.91 Å². The van der Waals surface area contributed by atoms with Crippen molar-refractivity contribution in [2.24, 2.45) is 0 Å². The van der Waals surface area contributed by atoms with Crippen molar-refractivity contribution in [2.75, 3.05) is 13.6 Å². The maximum Gasteiger partial charge on any atom is 0.345 e. The van der Waals surface area contributed by atoms with E-state index in [0.29, 0.717) is 11.4 Å². The van der Waals surface area contributed by atoms with Crippen molar-refractivity contribution in [1.29, 1.82) is 0 Å². The molecule has 0 unspecified atom stereocenters. The van der Waals surface area contributed by atoms with E-state index in [1.807, 2.05) is 6.92 Å². The van der Waals surface area contributed by atoms with Crippen LogP contribution in [0.25, 0.3) is 0 Å². The van der Waals surface area contributed by atoms with Crippen LogP contribution in [0.2, 0.25) is 0 Å². The van der Waals surface area contributed by atoms with Gasteiger partial charge in [0, 0.05) is 19.0 Å². The van der Waals surface area contributed by atoms with Gasteiger partial charge in [-0.05, 0) is 24.6 Å². The number of thiophene rings is 1. The van der Waals surface area contributed by atoms with E-state index in [0.717, 1.165) is 11.3 Å². The summed E-state index contributed by atoms with van der Waals surface area (Å²) in [5.74, 6) is -1.15. The summed E-state index contributed by atoms with van der Waals surface area (Å²) >= 11 is 1.01. The molecular formula is C18H21NO3S. The van der Waals surface area contributed by atoms with E-state index < -0.39 is 5.97 Å². The highest BCUT2D eigenvalue weighted by molar-refractivity contribution is 7.15. The number of carbonyl (C=O) groups is 2. The lowest BCUT2D eigenvalue weighted by molar-refractivity contribution is 0.0701. The zero-order valence-corrected chi connectivity index (χ0v) is 14.6. The summed E-state index contributed by atoms with van der Waals surface area (Å²) in [6.07, 6.45) is 0. The molecule has 0 atom stereocenters. The Kier molecular flexibility index (Phi) is 4.90. The van der Waals surface area contributed by atoms with Crippen LogP contribution in [0.5, 0.6) is 0 Å². The SMILES string of the molecule is Cc1ccc(C(C)(C)CN(C)C(=O)c2ccc(C(=O)O)s2)cc1. The third-order valence-electron chi connectivity index (χ3n) is 3.84. The molecule has 0 aliphatic rings. The molecule has 0 saturated carbocycles. The van der Waals surface area contributed by atoms with Crippen LogP contribution in [0.1, 0.15) is 44.3 Å². The number of carboxylic acid groups (broad SMARTS) is 1. The van der Waals surface area contributed by atoms with Gasteiger partial charge in [-0.2, -0.15) is 0 Å². The van der Waals surface area contributed by atoms with Gasteiger partial charge < -0.3 is 10.0 Å².